The van der Waals surface area contributed by atoms with E-state index in [1.165, 1.54) is 24.5 Å². The Morgan fingerprint density at radius 1 is 1.41 bits per heavy atom. The van der Waals surface area contributed by atoms with Crippen molar-refractivity contribution in [1.29, 1.82) is 0 Å². The van der Waals surface area contributed by atoms with Crippen LogP contribution in [-0.4, -0.2) is 20.7 Å². The highest BCUT2D eigenvalue weighted by molar-refractivity contribution is 5.48. The van der Waals surface area contributed by atoms with Crippen LogP contribution in [0.1, 0.15) is 11.4 Å². The molecule has 0 amide bonds. The summed E-state index contributed by atoms with van der Waals surface area (Å²) in [6.07, 6.45) is -1.99. The number of ether oxygens (including phenoxy) is 1. The fourth-order valence-electron chi connectivity index (χ4n) is 1.85. The third-order valence-corrected chi connectivity index (χ3v) is 2.82. The first-order valence-corrected chi connectivity index (χ1v) is 6.21. The van der Waals surface area contributed by atoms with Crippen LogP contribution in [0.4, 0.5) is 18.9 Å². The van der Waals surface area contributed by atoms with E-state index in [1.807, 2.05) is 0 Å². The van der Waals surface area contributed by atoms with Crippen LogP contribution in [0, 0.1) is 17.0 Å². The molecular formula is C13H12F3N3O3. The second kappa shape index (κ2) is 6.04. The zero-order chi connectivity index (χ0) is 16.3. The van der Waals surface area contributed by atoms with Gasteiger partial charge in [-0.2, -0.15) is 13.2 Å². The first kappa shape index (κ1) is 15.8. The lowest BCUT2D eigenvalue weighted by Gasteiger charge is -2.11. The summed E-state index contributed by atoms with van der Waals surface area (Å²) in [6, 6.07) is 4.29. The highest BCUT2D eigenvalue weighted by atomic mass is 19.4. The van der Waals surface area contributed by atoms with Gasteiger partial charge in [0.15, 0.2) is 5.75 Å². The molecule has 0 spiro atoms. The Morgan fingerprint density at radius 3 is 2.77 bits per heavy atom. The van der Waals surface area contributed by atoms with Gasteiger partial charge in [-0.1, -0.05) is 6.07 Å². The molecular weight excluding hydrogens is 303 g/mol. The molecule has 0 aliphatic heterocycles. The Morgan fingerprint density at radius 2 is 2.14 bits per heavy atom. The number of benzene rings is 1. The zero-order valence-corrected chi connectivity index (χ0v) is 11.5. The summed E-state index contributed by atoms with van der Waals surface area (Å²) in [6.45, 7) is 0.232. The minimum absolute atomic E-state index is 0.00782. The van der Waals surface area contributed by atoms with E-state index < -0.39 is 17.6 Å². The molecule has 6 nitrogen and oxygen atoms in total. The molecule has 0 radical (unpaired) electrons. The fourth-order valence-corrected chi connectivity index (χ4v) is 1.85. The van der Waals surface area contributed by atoms with Crippen molar-refractivity contribution in [3.63, 3.8) is 0 Å². The molecule has 0 bridgehead atoms. The van der Waals surface area contributed by atoms with Gasteiger partial charge in [-0.3, -0.25) is 10.1 Å². The van der Waals surface area contributed by atoms with Crippen LogP contribution < -0.4 is 4.74 Å². The van der Waals surface area contributed by atoms with Crippen LogP contribution in [0.2, 0.25) is 0 Å². The Labute approximate surface area is 123 Å². The second-order valence-electron chi connectivity index (χ2n) is 4.60. The number of hydrogen-bond donors (Lipinski definition) is 0. The first-order chi connectivity index (χ1) is 10.3. The molecule has 22 heavy (non-hydrogen) atoms. The van der Waals surface area contributed by atoms with E-state index in [0.717, 1.165) is 10.1 Å². The van der Waals surface area contributed by atoms with E-state index in [2.05, 4.69) is 4.98 Å². The van der Waals surface area contributed by atoms with Crippen LogP contribution in [0.3, 0.4) is 0 Å². The van der Waals surface area contributed by atoms with Crippen molar-refractivity contribution in [3.05, 3.63) is 52.1 Å². The van der Waals surface area contributed by atoms with Gasteiger partial charge in [0.1, 0.15) is 19.0 Å². The third-order valence-electron chi connectivity index (χ3n) is 2.82. The van der Waals surface area contributed by atoms with Gasteiger partial charge in [0.05, 0.1) is 4.92 Å². The number of hydrogen-bond acceptors (Lipinski definition) is 4. The topological polar surface area (TPSA) is 70.2 Å². The van der Waals surface area contributed by atoms with Gasteiger partial charge in [-0.05, 0) is 18.6 Å². The molecule has 2 aromatic rings. The number of nitro groups is 1. The molecule has 1 heterocycles. The number of nitro benzene ring substituents is 1. The molecule has 0 aliphatic rings. The van der Waals surface area contributed by atoms with E-state index in [1.54, 1.807) is 13.0 Å². The molecule has 0 atom stereocenters. The number of aromatic nitrogens is 2. The number of alkyl halides is 3. The number of nitrogens with zero attached hydrogens (tertiary/aromatic N) is 3. The maximum Gasteiger partial charge on any atom is 0.406 e. The predicted octanol–water partition coefficient (Wildman–Crippen LogP) is 3.24. The largest absolute Gasteiger partial charge is 0.479 e. The van der Waals surface area contributed by atoms with Gasteiger partial charge in [-0.25, -0.2) is 4.98 Å². The van der Waals surface area contributed by atoms with E-state index in [4.69, 9.17) is 4.74 Å². The Bertz CT molecular complexity index is 683. The number of aryl methyl sites for hydroxylation is 1. The lowest BCUT2D eigenvalue weighted by Crippen LogP contribution is -2.19. The molecule has 0 fully saturated rings. The normalized spacial score (nSPS) is 11.5. The Balaban J connectivity index is 2.16. The van der Waals surface area contributed by atoms with Crippen LogP contribution in [0.5, 0.6) is 5.75 Å². The van der Waals surface area contributed by atoms with Gasteiger partial charge >= 0.3 is 11.9 Å². The van der Waals surface area contributed by atoms with Crippen LogP contribution in [0.15, 0.2) is 30.6 Å². The van der Waals surface area contributed by atoms with Crippen LogP contribution >= 0.6 is 0 Å². The summed E-state index contributed by atoms with van der Waals surface area (Å²) in [7, 11) is 0. The van der Waals surface area contributed by atoms with Crippen molar-refractivity contribution < 1.29 is 22.8 Å². The van der Waals surface area contributed by atoms with Crippen molar-refractivity contribution in [3.8, 4) is 5.75 Å². The fraction of sp³-hybridized carbons (Fsp3) is 0.308. The quantitative estimate of drug-likeness (QED) is 0.627. The molecule has 0 saturated carbocycles. The average Bonchev–Trinajstić information content (AvgIpc) is 2.81. The summed E-state index contributed by atoms with van der Waals surface area (Å²) in [4.78, 5) is 14.1. The number of imidazole rings is 1. The van der Waals surface area contributed by atoms with Crippen molar-refractivity contribution in [2.75, 3.05) is 0 Å². The average molecular weight is 315 g/mol. The molecule has 118 valence electrons. The van der Waals surface area contributed by atoms with E-state index in [9.17, 15) is 23.3 Å². The van der Waals surface area contributed by atoms with Gasteiger partial charge < -0.3 is 9.30 Å². The van der Waals surface area contributed by atoms with E-state index in [0.29, 0.717) is 0 Å². The van der Waals surface area contributed by atoms with Gasteiger partial charge in [-0.15, -0.1) is 0 Å². The molecule has 2 rings (SSSR count). The first-order valence-electron chi connectivity index (χ1n) is 6.21. The third kappa shape index (κ3) is 3.96. The lowest BCUT2D eigenvalue weighted by molar-refractivity contribution is -0.386. The second-order valence-corrected chi connectivity index (χ2v) is 4.60. The minimum Gasteiger partial charge on any atom is -0.479 e. The van der Waals surface area contributed by atoms with Gasteiger partial charge in [0.25, 0.3) is 0 Å². The smallest absolute Gasteiger partial charge is 0.406 e. The molecule has 0 N–H and O–H groups in total. The lowest BCUT2D eigenvalue weighted by atomic mass is 10.2. The molecule has 1 aromatic carbocycles. The molecule has 0 unspecified atom stereocenters. The Kier molecular flexibility index (Phi) is 4.34. The Hall–Kier alpha value is -2.58. The maximum atomic E-state index is 12.4. The number of halogens is 3. The monoisotopic (exact) mass is 315 g/mol. The van der Waals surface area contributed by atoms with Crippen LogP contribution in [0.25, 0.3) is 0 Å². The predicted molar refractivity (Wildman–Crippen MR) is 70.4 cm³/mol. The SMILES string of the molecule is Cc1ccc([N+](=O)[O-])c(OCc2nccn2CC(F)(F)F)c1. The van der Waals surface area contributed by atoms with Crippen molar-refractivity contribution in [2.45, 2.75) is 26.3 Å². The standard InChI is InChI=1S/C13H12F3N3O3/c1-9-2-3-10(19(20)21)11(6-9)22-7-12-17-4-5-18(12)8-13(14,15)16/h2-6H,7-8H2,1H3. The summed E-state index contributed by atoms with van der Waals surface area (Å²) in [5.74, 6) is 0.0275. The summed E-state index contributed by atoms with van der Waals surface area (Å²) in [5.41, 5.74) is 0.485. The molecule has 9 heteroatoms. The maximum absolute atomic E-state index is 12.4. The molecule has 0 aliphatic carbocycles. The summed E-state index contributed by atoms with van der Waals surface area (Å²) in [5, 5.41) is 10.9. The van der Waals surface area contributed by atoms with Crippen LogP contribution in [-0.2, 0) is 13.2 Å². The van der Waals surface area contributed by atoms with Crippen molar-refractivity contribution in [2.24, 2.45) is 0 Å². The zero-order valence-electron chi connectivity index (χ0n) is 11.5. The number of rotatable bonds is 5. The van der Waals surface area contributed by atoms with E-state index in [-0.39, 0.29) is 23.9 Å². The summed E-state index contributed by atoms with van der Waals surface area (Å²) >= 11 is 0. The van der Waals surface area contributed by atoms with Gasteiger partial charge in [0, 0.05) is 18.5 Å². The van der Waals surface area contributed by atoms with E-state index >= 15 is 0 Å². The molecule has 1 aromatic heterocycles. The molecule has 0 saturated heterocycles. The minimum atomic E-state index is -4.38. The summed E-state index contributed by atoms with van der Waals surface area (Å²) < 4.78 is 43.4. The van der Waals surface area contributed by atoms with Gasteiger partial charge in [0.2, 0.25) is 0 Å². The highest BCUT2D eigenvalue weighted by Crippen LogP contribution is 2.28. The van der Waals surface area contributed by atoms with Crippen molar-refractivity contribution in [1.82, 2.24) is 9.55 Å². The van der Waals surface area contributed by atoms with Crippen molar-refractivity contribution >= 4 is 5.69 Å². The highest BCUT2D eigenvalue weighted by Gasteiger charge is 2.29.